The zero-order valence-corrected chi connectivity index (χ0v) is 13.7. The van der Waals surface area contributed by atoms with Gasteiger partial charge in [-0.2, -0.15) is 5.26 Å². The van der Waals surface area contributed by atoms with Crippen LogP contribution in [0.5, 0.6) is 0 Å². The van der Waals surface area contributed by atoms with Crippen molar-refractivity contribution in [1.29, 1.82) is 5.26 Å². The molecule has 2 N–H and O–H groups in total. The number of nitriles is 1. The van der Waals surface area contributed by atoms with Crippen molar-refractivity contribution in [3.8, 4) is 6.07 Å². The van der Waals surface area contributed by atoms with Crippen molar-refractivity contribution >= 4 is 22.5 Å². The number of H-pyrrole nitrogens is 1. The van der Waals surface area contributed by atoms with Crippen LogP contribution in [0, 0.1) is 11.3 Å². The molecule has 0 fully saturated rings. The van der Waals surface area contributed by atoms with Crippen LogP contribution in [0.25, 0.3) is 10.9 Å². The van der Waals surface area contributed by atoms with E-state index in [1.165, 1.54) is 0 Å². The molecule has 3 rings (SSSR count). The van der Waals surface area contributed by atoms with Crippen molar-refractivity contribution in [2.24, 2.45) is 0 Å². The van der Waals surface area contributed by atoms with E-state index in [-0.39, 0.29) is 5.43 Å². The van der Waals surface area contributed by atoms with Crippen molar-refractivity contribution in [1.82, 2.24) is 10.3 Å². The molecule has 120 valence electrons. The summed E-state index contributed by atoms with van der Waals surface area (Å²) in [5, 5.41) is 13.4. The van der Waals surface area contributed by atoms with Crippen molar-refractivity contribution in [3.05, 3.63) is 80.6 Å². The Hall–Kier alpha value is -2.61. The van der Waals surface area contributed by atoms with Crippen LogP contribution >= 0.6 is 11.6 Å². The van der Waals surface area contributed by atoms with E-state index in [0.29, 0.717) is 35.5 Å². The zero-order valence-electron chi connectivity index (χ0n) is 13.0. The average molecular weight is 338 g/mol. The van der Waals surface area contributed by atoms with Gasteiger partial charge in [-0.1, -0.05) is 29.8 Å². The quantitative estimate of drug-likeness (QED) is 0.748. The fourth-order valence-corrected chi connectivity index (χ4v) is 2.71. The standard InChI is InChI=1S/C19H16ClN3O/c20-16-4-1-14(2-5-16)10-22-11-15-12-23-18-6-3-13(7-8-21)9-17(18)19(15)24/h1-6,9,12,22H,7,10-11H2,(H,23,24). The molecule has 4 nitrogen and oxygen atoms in total. The predicted molar refractivity (Wildman–Crippen MR) is 95.9 cm³/mol. The third-order valence-electron chi connectivity index (χ3n) is 3.86. The SMILES string of the molecule is N#CCc1ccc2[nH]cc(CNCc3ccc(Cl)cc3)c(=O)c2c1. The molecule has 0 saturated heterocycles. The molecule has 0 aliphatic carbocycles. The van der Waals surface area contributed by atoms with E-state index in [2.05, 4.69) is 16.4 Å². The number of aromatic amines is 1. The molecular formula is C19H16ClN3O. The van der Waals surface area contributed by atoms with Crippen molar-refractivity contribution in [3.63, 3.8) is 0 Å². The Balaban J connectivity index is 1.77. The van der Waals surface area contributed by atoms with Crippen molar-refractivity contribution in [2.45, 2.75) is 19.5 Å². The first-order chi connectivity index (χ1) is 11.7. The molecule has 0 amide bonds. The number of nitrogens with zero attached hydrogens (tertiary/aromatic N) is 1. The van der Waals surface area contributed by atoms with E-state index in [9.17, 15) is 4.79 Å². The van der Waals surface area contributed by atoms with Crippen LogP contribution < -0.4 is 10.7 Å². The highest BCUT2D eigenvalue weighted by Gasteiger charge is 2.06. The summed E-state index contributed by atoms with van der Waals surface area (Å²) >= 11 is 5.87. The van der Waals surface area contributed by atoms with Gasteiger partial charge in [-0.3, -0.25) is 4.79 Å². The minimum absolute atomic E-state index is 0.00727. The lowest BCUT2D eigenvalue weighted by Crippen LogP contribution is -2.19. The third-order valence-corrected chi connectivity index (χ3v) is 4.12. The van der Waals surface area contributed by atoms with Gasteiger partial charge >= 0.3 is 0 Å². The van der Waals surface area contributed by atoms with Crippen LogP contribution in [0.3, 0.4) is 0 Å². The van der Waals surface area contributed by atoms with Gasteiger partial charge in [0.05, 0.1) is 12.5 Å². The largest absolute Gasteiger partial charge is 0.361 e. The molecule has 5 heteroatoms. The summed E-state index contributed by atoms with van der Waals surface area (Å²) < 4.78 is 0. The Morgan fingerprint density at radius 2 is 1.83 bits per heavy atom. The van der Waals surface area contributed by atoms with Crippen LogP contribution in [-0.2, 0) is 19.5 Å². The summed E-state index contributed by atoms with van der Waals surface area (Å²) in [4.78, 5) is 15.8. The lowest BCUT2D eigenvalue weighted by atomic mass is 10.1. The second-order valence-corrected chi connectivity index (χ2v) is 6.02. The summed E-state index contributed by atoms with van der Waals surface area (Å²) in [5.41, 5.74) is 3.40. The molecule has 2 aromatic carbocycles. The molecule has 3 aromatic rings. The molecule has 0 bridgehead atoms. The molecule has 0 unspecified atom stereocenters. The summed E-state index contributed by atoms with van der Waals surface area (Å²) in [5.74, 6) is 0. The van der Waals surface area contributed by atoms with Gasteiger partial charge in [0, 0.05) is 40.8 Å². The van der Waals surface area contributed by atoms with Gasteiger partial charge in [0.2, 0.25) is 0 Å². The number of benzene rings is 2. The predicted octanol–water partition coefficient (Wildman–Crippen LogP) is 3.54. The molecule has 0 aliphatic rings. The van der Waals surface area contributed by atoms with Gasteiger partial charge < -0.3 is 10.3 Å². The van der Waals surface area contributed by atoms with Gasteiger partial charge in [-0.25, -0.2) is 0 Å². The lowest BCUT2D eigenvalue weighted by Gasteiger charge is -2.07. The van der Waals surface area contributed by atoms with E-state index < -0.39 is 0 Å². The number of rotatable bonds is 5. The second-order valence-electron chi connectivity index (χ2n) is 5.59. The van der Waals surface area contributed by atoms with Crippen LogP contribution in [-0.4, -0.2) is 4.98 Å². The molecular weight excluding hydrogens is 322 g/mol. The monoisotopic (exact) mass is 337 g/mol. The maximum absolute atomic E-state index is 12.6. The van der Waals surface area contributed by atoms with Gasteiger partial charge in [-0.15, -0.1) is 0 Å². The highest BCUT2D eigenvalue weighted by molar-refractivity contribution is 6.30. The van der Waals surface area contributed by atoms with Gasteiger partial charge in [0.1, 0.15) is 0 Å². The number of hydrogen-bond acceptors (Lipinski definition) is 3. The molecule has 0 atom stereocenters. The Morgan fingerprint density at radius 3 is 2.58 bits per heavy atom. The Morgan fingerprint density at radius 1 is 1.08 bits per heavy atom. The molecule has 0 aliphatic heterocycles. The topological polar surface area (TPSA) is 68.7 Å². The minimum atomic E-state index is -0.00727. The lowest BCUT2D eigenvalue weighted by molar-refractivity contribution is 0.689. The number of hydrogen-bond donors (Lipinski definition) is 2. The van der Waals surface area contributed by atoms with Gasteiger partial charge in [0.15, 0.2) is 5.43 Å². The minimum Gasteiger partial charge on any atom is -0.361 e. The number of halogens is 1. The molecule has 0 saturated carbocycles. The van der Waals surface area contributed by atoms with Crippen LogP contribution in [0.2, 0.25) is 5.02 Å². The van der Waals surface area contributed by atoms with Gasteiger partial charge in [0.25, 0.3) is 0 Å². The highest BCUT2D eigenvalue weighted by Crippen LogP contribution is 2.12. The summed E-state index contributed by atoms with van der Waals surface area (Å²) in [6, 6.07) is 15.2. The number of nitrogens with one attached hydrogen (secondary N) is 2. The summed E-state index contributed by atoms with van der Waals surface area (Å²) in [6.07, 6.45) is 2.04. The maximum Gasteiger partial charge on any atom is 0.193 e. The summed E-state index contributed by atoms with van der Waals surface area (Å²) in [6.45, 7) is 1.12. The Bertz CT molecular complexity index is 955. The highest BCUT2D eigenvalue weighted by atomic mass is 35.5. The van der Waals surface area contributed by atoms with Crippen LogP contribution in [0.1, 0.15) is 16.7 Å². The van der Waals surface area contributed by atoms with E-state index in [1.54, 1.807) is 12.3 Å². The van der Waals surface area contributed by atoms with Crippen molar-refractivity contribution < 1.29 is 0 Å². The van der Waals surface area contributed by atoms with E-state index in [1.807, 2.05) is 36.4 Å². The van der Waals surface area contributed by atoms with Crippen molar-refractivity contribution in [2.75, 3.05) is 0 Å². The second kappa shape index (κ2) is 7.31. The smallest absolute Gasteiger partial charge is 0.193 e. The molecule has 0 radical (unpaired) electrons. The van der Waals surface area contributed by atoms with Gasteiger partial charge in [-0.05, 0) is 35.4 Å². The van der Waals surface area contributed by atoms with E-state index in [4.69, 9.17) is 16.9 Å². The fraction of sp³-hybridized carbons (Fsp3) is 0.158. The first-order valence-electron chi connectivity index (χ1n) is 7.62. The number of fused-ring (bicyclic) bond motifs is 1. The molecule has 24 heavy (non-hydrogen) atoms. The maximum atomic E-state index is 12.6. The normalized spacial score (nSPS) is 10.7. The summed E-state index contributed by atoms with van der Waals surface area (Å²) in [7, 11) is 0. The first kappa shape index (κ1) is 16.3. The average Bonchev–Trinajstić information content (AvgIpc) is 2.59. The van der Waals surface area contributed by atoms with E-state index in [0.717, 1.165) is 16.6 Å². The van der Waals surface area contributed by atoms with E-state index >= 15 is 0 Å². The molecule has 1 heterocycles. The molecule has 1 aromatic heterocycles. The Labute approximate surface area is 144 Å². The first-order valence-corrected chi connectivity index (χ1v) is 8.00. The zero-order chi connectivity index (χ0) is 16.9. The number of aromatic nitrogens is 1. The third kappa shape index (κ3) is 3.65. The number of pyridine rings is 1. The fourth-order valence-electron chi connectivity index (χ4n) is 2.58. The Kier molecular flexibility index (Phi) is 4.95. The molecule has 0 spiro atoms. The van der Waals surface area contributed by atoms with Crippen LogP contribution in [0.4, 0.5) is 0 Å². The van der Waals surface area contributed by atoms with Crippen LogP contribution in [0.15, 0.2) is 53.5 Å².